The largest absolute Gasteiger partial charge is 0.345 e. The number of fused-ring (bicyclic) bond motifs is 1. The van der Waals surface area contributed by atoms with Gasteiger partial charge in [-0.2, -0.15) is 8.78 Å². The molecular formula is C17H14ClF2NO3S. The van der Waals surface area contributed by atoms with Gasteiger partial charge in [0, 0.05) is 10.6 Å². The van der Waals surface area contributed by atoms with Crippen molar-refractivity contribution in [2.75, 3.05) is 0 Å². The van der Waals surface area contributed by atoms with E-state index < -0.39 is 26.4 Å². The summed E-state index contributed by atoms with van der Waals surface area (Å²) in [6, 6.07) is 9.81. The van der Waals surface area contributed by atoms with Crippen LogP contribution in [-0.2, 0) is 16.3 Å². The van der Waals surface area contributed by atoms with Crippen LogP contribution in [0.4, 0.5) is 8.78 Å². The van der Waals surface area contributed by atoms with E-state index in [1.165, 1.54) is 12.1 Å². The number of carbonyl (C=O) groups excluding carboxylic acids is 1. The molecule has 0 unspecified atom stereocenters. The third kappa shape index (κ3) is 3.52. The predicted molar refractivity (Wildman–Crippen MR) is 89.6 cm³/mol. The van der Waals surface area contributed by atoms with E-state index in [1.54, 1.807) is 6.07 Å². The smallest absolute Gasteiger partial charge is 0.341 e. The molecule has 1 atom stereocenters. The molecule has 1 N–H and O–H groups in total. The van der Waals surface area contributed by atoms with Crippen molar-refractivity contribution >= 4 is 27.3 Å². The zero-order chi connectivity index (χ0) is 18.2. The highest BCUT2D eigenvalue weighted by molar-refractivity contribution is 7.91. The molecule has 0 saturated carbocycles. The quantitative estimate of drug-likeness (QED) is 0.871. The van der Waals surface area contributed by atoms with Crippen molar-refractivity contribution in [3.05, 3.63) is 64.2 Å². The van der Waals surface area contributed by atoms with Crippen LogP contribution in [0.3, 0.4) is 0 Å². The van der Waals surface area contributed by atoms with E-state index in [0.29, 0.717) is 5.02 Å². The first kappa shape index (κ1) is 17.8. The summed E-state index contributed by atoms with van der Waals surface area (Å²) in [5.74, 6) is -3.89. The first-order chi connectivity index (χ1) is 11.8. The van der Waals surface area contributed by atoms with E-state index in [4.69, 9.17) is 11.6 Å². The average molecular weight is 386 g/mol. The Morgan fingerprint density at radius 2 is 1.84 bits per heavy atom. The van der Waals surface area contributed by atoms with Crippen molar-refractivity contribution < 1.29 is 22.0 Å². The molecule has 0 spiro atoms. The Morgan fingerprint density at radius 3 is 2.48 bits per heavy atom. The van der Waals surface area contributed by atoms with Crippen molar-refractivity contribution in [1.82, 2.24) is 5.32 Å². The minimum Gasteiger partial charge on any atom is -0.345 e. The van der Waals surface area contributed by atoms with Crippen molar-refractivity contribution in [3.63, 3.8) is 0 Å². The van der Waals surface area contributed by atoms with Crippen LogP contribution in [0, 0.1) is 0 Å². The van der Waals surface area contributed by atoms with Crippen molar-refractivity contribution in [2.45, 2.75) is 29.5 Å². The summed E-state index contributed by atoms with van der Waals surface area (Å²) in [6.45, 7) is 0. The molecule has 1 aliphatic rings. The van der Waals surface area contributed by atoms with E-state index >= 15 is 0 Å². The first-order valence-corrected chi connectivity index (χ1v) is 9.43. The lowest BCUT2D eigenvalue weighted by Gasteiger charge is -2.14. The molecule has 132 valence electrons. The average Bonchev–Trinajstić information content (AvgIpc) is 2.96. The predicted octanol–water partition coefficient (Wildman–Crippen LogP) is 3.75. The van der Waals surface area contributed by atoms with Gasteiger partial charge in [-0.25, -0.2) is 8.42 Å². The highest BCUT2D eigenvalue weighted by atomic mass is 35.5. The molecule has 0 heterocycles. The number of sulfone groups is 1. The molecule has 1 aliphatic carbocycles. The summed E-state index contributed by atoms with van der Waals surface area (Å²) in [7, 11) is -4.66. The molecule has 0 bridgehead atoms. The van der Waals surface area contributed by atoms with E-state index in [1.807, 2.05) is 12.1 Å². The number of hydrogen-bond donors (Lipinski definition) is 1. The van der Waals surface area contributed by atoms with Crippen LogP contribution in [0.25, 0.3) is 0 Å². The molecule has 3 rings (SSSR count). The van der Waals surface area contributed by atoms with Gasteiger partial charge in [-0.05, 0) is 60.4 Å². The maximum Gasteiger partial charge on any atom is 0.341 e. The van der Waals surface area contributed by atoms with Crippen LogP contribution >= 0.6 is 11.6 Å². The zero-order valence-electron chi connectivity index (χ0n) is 12.9. The summed E-state index contributed by atoms with van der Waals surface area (Å²) in [5, 5.41) is 3.51. The fraction of sp³-hybridized carbons (Fsp3) is 0.235. The SMILES string of the molecule is O=C(N[C@@H]1CCc2cc(Cl)ccc21)c1ccc(S(=O)(=O)C(F)F)cc1. The number of carbonyl (C=O) groups is 1. The molecule has 2 aromatic carbocycles. The molecule has 8 heteroatoms. The van der Waals surface area contributed by atoms with Gasteiger partial charge in [-0.1, -0.05) is 17.7 Å². The fourth-order valence-electron chi connectivity index (χ4n) is 2.88. The summed E-state index contributed by atoms with van der Waals surface area (Å²) >= 11 is 5.96. The number of alkyl halides is 2. The second-order valence-corrected chi connectivity index (χ2v) is 8.09. The summed E-state index contributed by atoms with van der Waals surface area (Å²) in [5.41, 5.74) is 2.28. The van der Waals surface area contributed by atoms with Crippen molar-refractivity contribution in [3.8, 4) is 0 Å². The van der Waals surface area contributed by atoms with Crippen LogP contribution in [0.2, 0.25) is 5.02 Å². The molecular weight excluding hydrogens is 372 g/mol. The molecule has 0 radical (unpaired) electrons. The Bertz CT molecular complexity index is 914. The van der Waals surface area contributed by atoms with E-state index in [-0.39, 0.29) is 11.6 Å². The van der Waals surface area contributed by atoms with Gasteiger partial charge in [0.2, 0.25) is 9.84 Å². The zero-order valence-corrected chi connectivity index (χ0v) is 14.4. The maximum atomic E-state index is 12.5. The Balaban J connectivity index is 1.75. The highest BCUT2D eigenvalue weighted by Gasteiger charge is 2.27. The van der Waals surface area contributed by atoms with Crippen LogP contribution < -0.4 is 5.32 Å². The van der Waals surface area contributed by atoms with E-state index in [9.17, 15) is 22.0 Å². The third-order valence-corrected chi connectivity index (χ3v) is 5.80. The Labute approximate surface area is 148 Å². The van der Waals surface area contributed by atoms with Gasteiger partial charge in [-0.15, -0.1) is 0 Å². The van der Waals surface area contributed by atoms with Gasteiger partial charge in [0.15, 0.2) is 0 Å². The minimum atomic E-state index is -4.66. The molecule has 0 fully saturated rings. The van der Waals surface area contributed by atoms with Gasteiger partial charge in [0.1, 0.15) is 0 Å². The Hall–Kier alpha value is -1.99. The Kier molecular flexibility index (Phi) is 4.79. The number of halogens is 3. The number of benzene rings is 2. The van der Waals surface area contributed by atoms with Gasteiger partial charge in [-0.3, -0.25) is 4.79 Å². The normalized spacial score (nSPS) is 16.7. The number of hydrogen-bond acceptors (Lipinski definition) is 3. The first-order valence-electron chi connectivity index (χ1n) is 7.50. The van der Waals surface area contributed by atoms with Gasteiger partial charge >= 0.3 is 5.76 Å². The summed E-state index contributed by atoms with van der Waals surface area (Å²) in [4.78, 5) is 11.8. The van der Waals surface area contributed by atoms with Gasteiger partial charge in [0.05, 0.1) is 10.9 Å². The topological polar surface area (TPSA) is 63.2 Å². The molecule has 2 aromatic rings. The van der Waals surface area contributed by atoms with Crippen LogP contribution in [-0.4, -0.2) is 20.1 Å². The van der Waals surface area contributed by atoms with Gasteiger partial charge in [0.25, 0.3) is 5.91 Å². The van der Waals surface area contributed by atoms with Crippen molar-refractivity contribution in [1.29, 1.82) is 0 Å². The number of amides is 1. The number of aryl methyl sites for hydroxylation is 1. The fourth-order valence-corrected chi connectivity index (χ4v) is 3.79. The lowest BCUT2D eigenvalue weighted by Crippen LogP contribution is -2.27. The van der Waals surface area contributed by atoms with Crippen LogP contribution in [0.5, 0.6) is 0 Å². The molecule has 25 heavy (non-hydrogen) atoms. The standard InChI is InChI=1S/C17H14ClF2NO3S/c18-12-4-7-14-11(9-12)3-8-15(14)21-16(22)10-1-5-13(6-2-10)25(23,24)17(19)20/h1-2,4-7,9,15,17H,3,8H2,(H,21,22)/t15-/m1/s1. The number of rotatable bonds is 4. The maximum absolute atomic E-state index is 12.5. The summed E-state index contributed by atoms with van der Waals surface area (Å²) in [6.07, 6.45) is 1.53. The molecule has 0 saturated heterocycles. The van der Waals surface area contributed by atoms with E-state index in [2.05, 4.69) is 5.32 Å². The lowest BCUT2D eigenvalue weighted by atomic mass is 10.1. The lowest BCUT2D eigenvalue weighted by molar-refractivity contribution is 0.0936. The minimum absolute atomic E-state index is 0.163. The van der Waals surface area contributed by atoms with Crippen LogP contribution in [0.15, 0.2) is 47.4 Å². The molecule has 1 amide bonds. The monoisotopic (exact) mass is 385 g/mol. The molecule has 4 nitrogen and oxygen atoms in total. The Morgan fingerprint density at radius 1 is 1.16 bits per heavy atom. The number of nitrogens with one attached hydrogen (secondary N) is 1. The highest BCUT2D eigenvalue weighted by Crippen LogP contribution is 2.33. The van der Waals surface area contributed by atoms with Gasteiger partial charge < -0.3 is 5.32 Å². The second kappa shape index (κ2) is 6.72. The van der Waals surface area contributed by atoms with Crippen molar-refractivity contribution in [2.24, 2.45) is 0 Å². The molecule has 0 aromatic heterocycles. The van der Waals surface area contributed by atoms with Crippen LogP contribution in [0.1, 0.15) is 33.9 Å². The summed E-state index contributed by atoms with van der Waals surface area (Å²) < 4.78 is 47.8. The third-order valence-electron chi connectivity index (χ3n) is 4.17. The second-order valence-electron chi connectivity index (χ2n) is 5.74. The van der Waals surface area contributed by atoms with E-state index in [0.717, 1.165) is 36.1 Å². The molecule has 0 aliphatic heterocycles.